The molecule has 1 aliphatic rings. The standard InChI is InChI=1S/C13H13BrClNO3/c14-11-6-9(15)3-4-10(11)12(17)16-5-1-2-8(7-16)13(18)19/h3-4,6,8H,1-2,5,7H2,(H,18,19)/t8-/m0/s1. The van der Waals surface area contributed by atoms with E-state index in [2.05, 4.69) is 15.9 Å². The monoisotopic (exact) mass is 345 g/mol. The minimum absolute atomic E-state index is 0.158. The molecule has 1 amide bonds. The Morgan fingerprint density at radius 3 is 2.79 bits per heavy atom. The van der Waals surface area contributed by atoms with Gasteiger partial charge in [-0.15, -0.1) is 0 Å². The molecule has 6 heteroatoms. The van der Waals surface area contributed by atoms with Crippen LogP contribution in [0.5, 0.6) is 0 Å². The topological polar surface area (TPSA) is 57.6 Å². The van der Waals surface area contributed by atoms with Crippen LogP contribution in [0.15, 0.2) is 22.7 Å². The summed E-state index contributed by atoms with van der Waals surface area (Å²) in [5.41, 5.74) is 0.510. The fourth-order valence-corrected chi connectivity index (χ4v) is 3.05. The lowest BCUT2D eigenvalue weighted by Gasteiger charge is -2.31. The lowest BCUT2D eigenvalue weighted by atomic mass is 9.97. The molecule has 1 N–H and O–H groups in total. The molecule has 0 aliphatic carbocycles. The Bertz CT molecular complexity index is 521. The van der Waals surface area contributed by atoms with E-state index in [1.807, 2.05) is 0 Å². The number of carboxylic acid groups (broad SMARTS) is 1. The van der Waals surface area contributed by atoms with Crippen molar-refractivity contribution in [2.45, 2.75) is 12.8 Å². The van der Waals surface area contributed by atoms with Gasteiger partial charge in [0.1, 0.15) is 0 Å². The second-order valence-corrected chi connectivity index (χ2v) is 5.84. The number of aliphatic carboxylic acids is 1. The molecule has 1 heterocycles. The van der Waals surface area contributed by atoms with Crippen LogP contribution in [0.25, 0.3) is 0 Å². The Labute approximate surface area is 124 Å². The van der Waals surface area contributed by atoms with E-state index < -0.39 is 11.9 Å². The average Bonchev–Trinajstić information content (AvgIpc) is 2.38. The first-order chi connectivity index (χ1) is 8.99. The van der Waals surface area contributed by atoms with E-state index in [-0.39, 0.29) is 12.5 Å². The maximum absolute atomic E-state index is 12.4. The first kappa shape index (κ1) is 14.3. The molecular formula is C13H13BrClNO3. The molecule has 0 unspecified atom stereocenters. The molecule has 2 rings (SSSR count). The maximum atomic E-state index is 12.4. The number of benzene rings is 1. The predicted octanol–water partition coefficient (Wildman–Crippen LogP) is 3.04. The van der Waals surface area contributed by atoms with Crippen LogP contribution >= 0.6 is 27.5 Å². The summed E-state index contributed by atoms with van der Waals surface area (Å²) in [6.07, 6.45) is 1.34. The summed E-state index contributed by atoms with van der Waals surface area (Å²) in [5, 5.41) is 9.58. The predicted molar refractivity (Wildman–Crippen MR) is 75.4 cm³/mol. The van der Waals surface area contributed by atoms with Crippen molar-refractivity contribution >= 4 is 39.4 Å². The quantitative estimate of drug-likeness (QED) is 0.895. The molecule has 1 atom stereocenters. The molecule has 4 nitrogen and oxygen atoms in total. The number of carboxylic acids is 1. The summed E-state index contributed by atoms with van der Waals surface area (Å²) >= 11 is 9.15. The van der Waals surface area contributed by atoms with Gasteiger partial charge in [-0.25, -0.2) is 0 Å². The van der Waals surface area contributed by atoms with Crippen molar-refractivity contribution in [2.75, 3.05) is 13.1 Å². The van der Waals surface area contributed by atoms with Crippen molar-refractivity contribution in [3.05, 3.63) is 33.3 Å². The molecule has 0 saturated carbocycles. The molecular weight excluding hydrogens is 334 g/mol. The first-order valence-corrected chi connectivity index (χ1v) is 7.13. The normalized spacial score (nSPS) is 19.3. The Kier molecular flexibility index (Phi) is 4.47. The summed E-state index contributed by atoms with van der Waals surface area (Å²) in [4.78, 5) is 25.0. The fraction of sp³-hybridized carbons (Fsp3) is 0.385. The molecule has 1 aliphatic heterocycles. The number of carbonyl (C=O) groups is 2. The van der Waals surface area contributed by atoms with E-state index in [4.69, 9.17) is 16.7 Å². The van der Waals surface area contributed by atoms with Gasteiger partial charge in [-0.3, -0.25) is 9.59 Å². The smallest absolute Gasteiger partial charge is 0.308 e. The van der Waals surface area contributed by atoms with Crippen LogP contribution < -0.4 is 0 Å². The van der Waals surface area contributed by atoms with Gasteiger partial charge in [-0.05, 0) is 47.0 Å². The lowest BCUT2D eigenvalue weighted by Crippen LogP contribution is -2.42. The maximum Gasteiger partial charge on any atom is 0.308 e. The number of likely N-dealkylation sites (tertiary alicyclic amines) is 1. The molecule has 0 bridgehead atoms. The highest BCUT2D eigenvalue weighted by molar-refractivity contribution is 9.10. The van der Waals surface area contributed by atoms with Crippen molar-refractivity contribution in [3.8, 4) is 0 Å². The summed E-state index contributed by atoms with van der Waals surface area (Å²) < 4.78 is 0.627. The third-order valence-corrected chi connectivity index (χ3v) is 4.11. The highest BCUT2D eigenvalue weighted by Gasteiger charge is 2.29. The zero-order valence-corrected chi connectivity index (χ0v) is 12.4. The largest absolute Gasteiger partial charge is 0.481 e. The van der Waals surface area contributed by atoms with Gasteiger partial charge in [0.05, 0.1) is 11.5 Å². The summed E-state index contributed by atoms with van der Waals surface area (Å²) in [7, 11) is 0. The zero-order valence-electron chi connectivity index (χ0n) is 10.1. The van der Waals surface area contributed by atoms with Crippen LogP contribution in [0.2, 0.25) is 5.02 Å². The SMILES string of the molecule is O=C(O)[C@H]1CCCN(C(=O)c2ccc(Cl)cc2Br)C1. The van der Waals surface area contributed by atoms with E-state index in [1.165, 1.54) is 0 Å². The molecule has 0 aromatic heterocycles. The number of hydrogen-bond acceptors (Lipinski definition) is 2. The van der Waals surface area contributed by atoms with E-state index >= 15 is 0 Å². The molecule has 102 valence electrons. The average molecular weight is 347 g/mol. The van der Waals surface area contributed by atoms with Gasteiger partial charge in [0.2, 0.25) is 0 Å². The van der Waals surface area contributed by atoms with Gasteiger partial charge in [0, 0.05) is 22.6 Å². The van der Waals surface area contributed by atoms with E-state index in [0.29, 0.717) is 34.4 Å². The van der Waals surface area contributed by atoms with Crippen LogP contribution in [0, 0.1) is 5.92 Å². The summed E-state index contributed by atoms with van der Waals surface area (Å²) in [6, 6.07) is 4.96. The minimum Gasteiger partial charge on any atom is -0.481 e. The van der Waals surface area contributed by atoms with Crippen molar-refractivity contribution in [1.82, 2.24) is 4.90 Å². The van der Waals surface area contributed by atoms with Gasteiger partial charge < -0.3 is 10.0 Å². The highest BCUT2D eigenvalue weighted by atomic mass is 79.9. The zero-order chi connectivity index (χ0) is 14.0. The van der Waals surface area contributed by atoms with Gasteiger partial charge in [-0.1, -0.05) is 11.6 Å². The second-order valence-electron chi connectivity index (χ2n) is 4.55. The number of carbonyl (C=O) groups excluding carboxylic acids is 1. The van der Waals surface area contributed by atoms with Crippen LogP contribution in [0.4, 0.5) is 0 Å². The minimum atomic E-state index is -0.840. The van der Waals surface area contributed by atoms with Crippen LogP contribution in [-0.4, -0.2) is 35.0 Å². The van der Waals surface area contributed by atoms with Crippen molar-refractivity contribution in [2.24, 2.45) is 5.92 Å². The molecule has 19 heavy (non-hydrogen) atoms. The first-order valence-electron chi connectivity index (χ1n) is 5.96. The van der Waals surface area contributed by atoms with Crippen LogP contribution in [0.1, 0.15) is 23.2 Å². The van der Waals surface area contributed by atoms with E-state index in [1.54, 1.807) is 23.1 Å². The molecule has 0 radical (unpaired) electrons. The third kappa shape index (κ3) is 3.28. The number of amides is 1. The number of halogens is 2. The molecule has 1 saturated heterocycles. The van der Waals surface area contributed by atoms with Gasteiger partial charge in [0.15, 0.2) is 0 Å². The molecule has 1 fully saturated rings. The van der Waals surface area contributed by atoms with E-state index in [0.717, 1.165) is 0 Å². The van der Waals surface area contributed by atoms with Crippen molar-refractivity contribution in [3.63, 3.8) is 0 Å². The number of hydrogen-bond donors (Lipinski definition) is 1. The van der Waals surface area contributed by atoms with Gasteiger partial charge >= 0.3 is 5.97 Å². The Morgan fingerprint density at radius 2 is 2.16 bits per heavy atom. The number of rotatable bonds is 2. The highest BCUT2D eigenvalue weighted by Crippen LogP contribution is 2.25. The third-order valence-electron chi connectivity index (χ3n) is 3.22. The van der Waals surface area contributed by atoms with Gasteiger partial charge in [0.25, 0.3) is 5.91 Å². The van der Waals surface area contributed by atoms with Crippen LogP contribution in [-0.2, 0) is 4.79 Å². The number of nitrogens with zero attached hydrogens (tertiary/aromatic N) is 1. The van der Waals surface area contributed by atoms with Crippen LogP contribution in [0.3, 0.4) is 0 Å². The molecule has 1 aromatic rings. The second kappa shape index (κ2) is 5.92. The molecule has 1 aromatic carbocycles. The Hall–Kier alpha value is -1.07. The molecule has 0 spiro atoms. The lowest BCUT2D eigenvalue weighted by molar-refractivity contribution is -0.143. The van der Waals surface area contributed by atoms with E-state index in [9.17, 15) is 9.59 Å². The number of piperidine rings is 1. The van der Waals surface area contributed by atoms with Crippen molar-refractivity contribution < 1.29 is 14.7 Å². The van der Waals surface area contributed by atoms with Crippen molar-refractivity contribution in [1.29, 1.82) is 0 Å². The Morgan fingerprint density at radius 1 is 1.42 bits per heavy atom. The fourth-order valence-electron chi connectivity index (χ4n) is 2.20. The summed E-state index contributed by atoms with van der Waals surface area (Å²) in [6.45, 7) is 0.862. The summed E-state index contributed by atoms with van der Waals surface area (Å²) in [5.74, 6) is -1.47. The van der Waals surface area contributed by atoms with Gasteiger partial charge in [-0.2, -0.15) is 0 Å². The Balaban J connectivity index is 2.17.